The summed E-state index contributed by atoms with van der Waals surface area (Å²) >= 11 is 0. The summed E-state index contributed by atoms with van der Waals surface area (Å²) < 4.78 is 60.9. The fourth-order valence-corrected chi connectivity index (χ4v) is 6.36. The predicted octanol–water partition coefficient (Wildman–Crippen LogP) is 4.28. The summed E-state index contributed by atoms with van der Waals surface area (Å²) in [7, 11) is -7.69. The second kappa shape index (κ2) is 15.9. The summed E-state index contributed by atoms with van der Waals surface area (Å²) in [5.74, 6) is 0.628. The third kappa shape index (κ3) is 8.81. The molecule has 14 heteroatoms. The molecule has 0 aliphatic heterocycles. The molecule has 0 aliphatic rings. The molecule has 0 bridgehead atoms. The first-order valence-corrected chi connectivity index (χ1v) is 17.7. The maximum Gasteiger partial charge on any atom is 1.00 e. The Labute approximate surface area is 306 Å². The normalized spacial score (nSPS) is 11.2. The smallest absolute Gasteiger partial charge is 0.542 e. The second-order valence-corrected chi connectivity index (χ2v) is 13.7. The van der Waals surface area contributed by atoms with Crippen molar-refractivity contribution in [2.24, 2.45) is 5.14 Å². The fraction of sp³-hybridized carbons (Fsp3) is 0.114. The number of nitrogens with two attached hydrogens (primary N) is 1. The van der Waals surface area contributed by atoms with E-state index < -0.39 is 26.0 Å². The Hall–Kier alpha value is -4.37. The van der Waals surface area contributed by atoms with Crippen molar-refractivity contribution < 1.29 is 60.2 Å². The van der Waals surface area contributed by atoms with E-state index in [1.54, 1.807) is 38.1 Å². The zero-order chi connectivity index (χ0) is 34.5. The molecule has 2 N–H and O–H groups in total. The molecule has 0 spiro atoms. The van der Waals surface area contributed by atoms with Gasteiger partial charge in [-0.2, -0.15) is 0 Å². The van der Waals surface area contributed by atoms with Crippen molar-refractivity contribution in [2.75, 3.05) is 0 Å². The van der Waals surface area contributed by atoms with E-state index in [9.17, 15) is 21.6 Å². The van der Waals surface area contributed by atoms with E-state index in [0.717, 1.165) is 39.1 Å². The van der Waals surface area contributed by atoms with Crippen LogP contribution in [0.5, 0.6) is 0 Å². The number of aromatic nitrogens is 2. The third-order valence-corrected chi connectivity index (χ3v) is 9.50. The molecule has 0 saturated carbocycles. The zero-order valence-electron chi connectivity index (χ0n) is 27.2. The number of sulfonamides is 2. The van der Waals surface area contributed by atoms with Gasteiger partial charge in [0.1, 0.15) is 32.9 Å². The topological polar surface area (TPSA) is 178 Å². The molecule has 4 aromatic carbocycles. The van der Waals surface area contributed by atoms with Gasteiger partial charge in [-0.15, -0.1) is 0 Å². The molecular formula is C35H31N4NaO7S2. The molecule has 49 heavy (non-hydrogen) atoms. The molecule has 0 unspecified atom stereocenters. The van der Waals surface area contributed by atoms with Crippen molar-refractivity contribution in [1.29, 1.82) is 0 Å². The average Bonchev–Trinajstić information content (AvgIpc) is 3.67. The van der Waals surface area contributed by atoms with Crippen LogP contribution in [0.1, 0.15) is 24.9 Å². The molecule has 1 amide bonds. The van der Waals surface area contributed by atoms with Crippen LogP contribution in [0.3, 0.4) is 0 Å². The minimum atomic E-state index is -3.99. The van der Waals surface area contributed by atoms with E-state index in [0.29, 0.717) is 17.2 Å². The van der Waals surface area contributed by atoms with Crippen LogP contribution in [-0.2, 0) is 24.8 Å². The first-order valence-electron chi connectivity index (χ1n) is 14.7. The first-order chi connectivity index (χ1) is 22.9. The van der Waals surface area contributed by atoms with Crippen LogP contribution in [0, 0.1) is 13.8 Å². The Morgan fingerprint density at radius 1 is 0.633 bits per heavy atom. The van der Waals surface area contributed by atoms with Crippen molar-refractivity contribution >= 4 is 26.0 Å². The Morgan fingerprint density at radius 2 is 1.02 bits per heavy atom. The number of hydrogen-bond acceptors (Lipinski definition) is 9. The van der Waals surface area contributed by atoms with E-state index in [1.807, 2.05) is 67.6 Å². The maximum atomic E-state index is 12.1. The van der Waals surface area contributed by atoms with Crippen molar-refractivity contribution in [3.63, 3.8) is 0 Å². The van der Waals surface area contributed by atoms with Gasteiger partial charge in [0.2, 0.25) is 10.0 Å². The molecular weight excluding hydrogens is 676 g/mol. The third-order valence-electron chi connectivity index (χ3n) is 7.26. The fourth-order valence-electron chi connectivity index (χ4n) is 4.87. The summed E-state index contributed by atoms with van der Waals surface area (Å²) in [6.45, 7) is 5.18. The Kier molecular flexibility index (Phi) is 12.1. The van der Waals surface area contributed by atoms with E-state index in [1.165, 1.54) is 24.3 Å². The van der Waals surface area contributed by atoms with Crippen LogP contribution >= 0.6 is 0 Å². The van der Waals surface area contributed by atoms with Crippen LogP contribution < -0.4 is 34.7 Å². The summed E-state index contributed by atoms with van der Waals surface area (Å²) in [6.07, 6.45) is 0.0393. The average molecular weight is 707 g/mol. The quantitative estimate of drug-likeness (QED) is 0.226. The number of carbonyl (C=O) groups excluding carboxylic acids is 1. The Balaban J connectivity index is 0.000000219. The molecule has 0 aliphatic carbocycles. The summed E-state index contributed by atoms with van der Waals surface area (Å²) in [6, 6.07) is 31.8. The van der Waals surface area contributed by atoms with Gasteiger partial charge in [0.05, 0.1) is 26.8 Å². The number of carbonyl (C=O) groups is 1. The molecule has 0 atom stereocenters. The molecule has 6 rings (SSSR count). The van der Waals surface area contributed by atoms with Crippen LogP contribution in [-0.4, -0.2) is 33.1 Å². The van der Waals surface area contributed by atoms with Gasteiger partial charge in [0.25, 0.3) is 0 Å². The summed E-state index contributed by atoms with van der Waals surface area (Å²) in [5, 5.41) is 13.4. The van der Waals surface area contributed by atoms with Gasteiger partial charge in [-0.05, 0) is 55.7 Å². The zero-order valence-corrected chi connectivity index (χ0v) is 30.8. The molecule has 0 saturated heterocycles. The van der Waals surface area contributed by atoms with Gasteiger partial charge in [0.15, 0.2) is 0 Å². The number of aryl methyl sites for hydroxylation is 2. The van der Waals surface area contributed by atoms with E-state index >= 15 is 0 Å². The number of hydrogen-bond donors (Lipinski definition) is 1. The van der Waals surface area contributed by atoms with Gasteiger partial charge in [-0.25, -0.2) is 22.0 Å². The number of benzene rings is 4. The molecule has 0 fully saturated rings. The molecule has 2 aromatic heterocycles. The van der Waals surface area contributed by atoms with Crippen LogP contribution in [0.15, 0.2) is 128 Å². The predicted molar refractivity (Wildman–Crippen MR) is 181 cm³/mol. The van der Waals surface area contributed by atoms with Crippen molar-refractivity contribution in [1.82, 2.24) is 10.3 Å². The second-order valence-electron chi connectivity index (χ2n) is 10.6. The summed E-state index contributed by atoms with van der Waals surface area (Å²) in [5.41, 5.74) is 6.47. The summed E-state index contributed by atoms with van der Waals surface area (Å²) in [4.78, 5) is 11.4. The van der Waals surface area contributed by atoms with E-state index in [-0.39, 0.29) is 45.8 Å². The number of amides is 1. The largest absolute Gasteiger partial charge is 1.00 e. The first kappa shape index (κ1) is 37.4. The molecule has 11 nitrogen and oxygen atoms in total. The molecule has 6 aromatic rings. The van der Waals surface area contributed by atoms with Gasteiger partial charge in [-0.1, -0.05) is 102 Å². The van der Waals surface area contributed by atoms with Gasteiger partial charge < -0.3 is 18.6 Å². The minimum absolute atomic E-state index is 0. The van der Waals surface area contributed by atoms with Crippen molar-refractivity contribution in [3.05, 3.63) is 125 Å². The molecule has 2 heterocycles. The molecule has 0 radical (unpaired) electrons. The van der Waals surface area contributed by atoms with Gasteiger partial charge >= 0.3 is 29.6 Å². The van der Waals surface area contributed by atoms with Crippen LogP contribution in [0.4, 0.5) is 0 Å². The SMILES string of the molecule is CCC(=O)[N-]S(=O)(=O)c1ccc(-c2c(-c3ccccc3)noc2C)cc1.Cc1onc(-c2ccccc2)c1-c1ccc(S(N)(=O)=O)cc1.[Na+]. The maximum absolute atomic E-state index is 12.1. The van der Waals surface area contributed by atoms with Crippen LogP contribution in [0.25, 0.3) is 49.5 Å². The standard InChI is InChI=1S/C19H18N2O4S.C16H14N2O3S.Na/c1-3-17(22)21-26(23,24)16-11-9-14(10-12-16)18-13(2)25-20-19(18)15-7-5-4-6-8-15;1-11-15(12-7-9-14(10-8-12)22(17,19)20)16(18-21-11)13-5-3-2-4-6-13;/h4-12H,3H2,1-2H3,(H,21,22);2-10H,1H3,(H2,17,19,20);/q;;+1/p-1. The van der Waals surface area contributed by atoms with Gasteiger partial charge in [-0.3, -0.25) is 0 Å². The monoisotopic (exact) mass is 706 g/mol. The van der Waals surface area contributed by atoms with E-state index in [4.69, 9.17) is 14.2 Å². The number of primary sulfonamides is 1. The number of rotatable bonds is 8. The minimum Gasteiger partial charge on any atom is -0.542 e. The Bertz CT molecular complexity index is 2250. The van der Waals surface area contributed by atoms with Crippen molar-refractivity contribution in [2.45, 2.75) is 37.0 Å². The Morgan fingerprint density at radius 3 is 1.39 bits per heavy atom. The van der Waals surface area contributed by atoms with Crippen molar-refractivity contribution in [3.8, 4) is 44.8 Å². The van der Waals surface area contributed by atoms with Crippen LogP contribution in [0.2, 0.25) is 0 Å². The molecule has 246 valence electrons. The van der Waals surface area contributed by atoms with E-state index in [2.05, 4.69) is 15.0 Å². The number of nitrogens with zero attached hydrogens (tertiary/aromatic N) is 3. The van der Waals surface area contributed by atoms with Gasteiger partial charge in [0, 0.05) is 11.1 Å².